The molecule has 0 aliphatic carbocycles. The molecule has 0 aliphatic heterocycles. The summed E-state index contributed by atoms with van der Waals surface area (Å²) in [6.07, 6.45) is 1.26. The zero-order valence-corrected chi connectivity index (χ0v) is 13.6. The number of halogens is 3. The van der Waals surface area contributed by atoms with Gasteiger partial charge in [-0.25, -0.2) is 18.2 Å². The van der Waals surface area contributed by atoms with Gasteiger partial charge in [-0.1, -0.05) is 6.07 Å². The zero-order valence-electron chi connectivity index (χ0n) is 12.8. The number of benzene rings is 1. The quantitative estimate of drug-likeness (QED) is 0.390. The van der Waals surface area contributed by atoms with Gasteiger partial charge in [0.05, 0.1) is 6.04 Å². The second-order valence-electron chi connectivity index (χ2n) is 4.78. The molecule has 0 saturated carbocycles. The number of thiazole rings is 1. The maximum atomic E-state index is 13.9. The topological polar surface area (TPSA) is 46.5 Å². The highest BCUT2D eigenvalue weighted by Crippen LogP contribution is 2.24. The van der Waals surface area contributed by atoms with E-state index in [0.717, 1.165) is 6.07 Å². The number of hydrogen-bond donors (Lipinski definition) is 1. The van der Waals surface area contributed by atoms with Crippen molar-refractivity contribution in [2.75, 3.05) is 7.11 Å². The summed E-state index contributed by atoms with van der Waals surface area (Å²) < 4.78 is 45.4. The van der Waals surface area contributed by atoms with Crippen LogP contribution in [-0.2, 0) is 4.74 Å². The van der Waals surface area contributed by atoms with Crippen molar-refractivity contribution in [3.63, 3.8) is 0 Å². The van der Waals surface area contributed by atoms with E-state index >= 15 is 0 Å². The molecule has 0 aliphatic rings. The van der Waals surface area contributed by atoms with Gasteiger partial charge in [-0.15, -0.1) is 11.3 Å². The summed E-state index contributed by atoms with van der Waals surface area (Å²) in [6, 6.07) is 1.33. The Morgan fingerprint density at radius 3 is 2.61 bits per heavy atom. The van der Waals surface area contributed by atoms with Crippen molar-refractivity contribution in [2.45, 2.75) is 26.1 Å². The minimum absolute atomic E-state index is 0.0372. The lowest BCUT2D eigenvalue weighted by atomic mass is 10.1. The Morgan fingerprint density at radius 2 is 2.00 bits per heavy atom. The van der Waals surface area contributed by atoms with E-state index in [4.69, 9.17) is 4.74 Å². The molecule has 23 heavy (non-hydrogen) atoms. The standard InChI is InChI=1S/C15H16F3N3OS/c1-8(10-4-5-11(16)13(18)12(10)17)20-14(21-9(2)22-3)15-19-6-7-23-15/h4-9H,1-3H3,(H,20,21)/t8-,9?/m1/s1. The average Bonchev–Trinajstić information content (AvgIpc) is 3.06. The minimum atomic E-state index is -1.50. The van der Waals surface area contributed by atoms with Crippen LogP contribution >= 0.6 is 11.3 Å². The smallest absolute Gasteiger partial charge is 0.194 e. The molecule has 0 fully saturated rings. The average molecular weight is 343 g/mol. The van der Waals surface area contributed by atoms with Gasteiger partial charge < -0.3 is 10.1 Å². The fraction of sp³-hybridized carbons (Fsp3) is 0.333. The number of aromatic nitrogens is 1. The third-order valence-electron chi connectivity index (χ3n) is 3.17. The number of amidine groups is 1. The lowest BCUT2D eigenvalue weighted by Crippen LogP contribution is -2.34. The Hall–Kier alpha value is -1.93. The van der Waals surface area contributed by atoms with Crippen LogP contribution in [0.4, 0.5) is 13.2 Å². The van der Waals surface area contributed by atoms with Crippen molar-refractivity contribution in [1.29, 1.82) is 0 Å². The first-order valence-electron chi connectivity index (χ1n) is 6.84. The van der Waals surface area contributed by atoms with E-state index in [2.05, 4.69) is 15.3 Å². The predicted octanol–water partition coefficient (Wildman–Crippen LogP) is 3.65. The molecule has 8 heteroatoms. The highest BCUT2D eigenvalue weighted by Gasteiger charge is 2.19. The van der Waals surface area contributed by atoms with Crippen LogP contribution in [0.3, 0.4) is 0 Å². The maximum absolute atomic E-state index is 13.9. The van der Waals surface area contributed by atoms with Crippen molar-refractivity contribution < 1.29 is 17.9 Å². The Labute approximate surface area is 136 Å². The van der Waals surface area contributed by atoms with Gasteiger partial charge in [0.25, 0.3) is 0 Å². The first kappa shape index (κ1) is 17.4. The van der Waals surface area contributed by atoms with Gasteiger partial charge in [-0.05, 0) is 19.9 Å². The van der Waals surface area contributed by atoms with E-state index in [0.29, 0.717) is 10.8 Å². The molecule has 1 N–H and O–H groups in total. The van der Waals surface area contributed by atoms with Crippen LogP contribution in [0.15, 0.2) is 28.7 Å². The number of aliphatic imine (C=N–C) groups is 1. The van der Waals surface area contributed by atoms with Crippen molar-refractivity contribution >= 4 is 17.2 Å². The largest absolute Gasteiger partial charge is 0.362 e. The molecular formula is C15H16F3N3OS. The third kappa shape index (κ3) is 4.08. The summed E-state index contributed by atoms with van der Waals surface area (Å²) in [7, 11) is 1.52. The highest BCUT2D eigenvalue weighted by molar-refractivity contribution is 7.11. The zero-order chi connectivity index (χ0) is 17.0. The van der Waals surface area contributed by atoms with E-state index in [9.17, 15) is 13.2 Å². The summed E-state index contributed by atoms with van der Waals surface area (Å²) in [5.41, 5.74) is -0.0372. The van der Waals surface area contributed by atoms with Gasteiger partial charge in [-0.3, -0.25) is 4.99 Å². The normalized spacial score (nSPS) is 14.6. The van der Waals surface area contributed by atoms with E-state index in [1.54, 1.807) is 25.4 Å². The minimum Gasteiger partial charge on any atom is -0.362 e. The highest BCUT2D eigenvalue weighted by atomic mass is 32.1. The van der Waals surface area contributed by atoms with Gasteiger partial charge in [0.1, 0.15) is 6.23 Å². The molecule has 2 aromatic rings. The second-order valence-corrected chi connectivity index (χ2v) is 5.67. The van der Waals surface area contributed by atoms with Crippen LogP contribution in [-0.4, -0.2) is 24.2 Å². The molecule has 1 aromatic heterocycles. The number of hydrogen-bond acceptors (Lipinski definition) is 4. The Balaban J connectivity index is 2.36. The molecule has 124 valence electrons. The van der Waals surface area contributed by atoms with Gasteiger partial charge >= 0.3 is 0 Å². The van der Waals surface area contributed by atoms with E-state index < -0.39 is 23.5 Å². The maximum Gasteiger partial charge on any atom is 0.194 e. The monoisotopic (exact) mass is 343 g/mol. The SMILES string of the molecule is COC(C)NC(=N[C@H](C)c1ccc(F)c(F)c1F)c1nccs1. The Morgan fingerprint density at radius 1 is 1.26 bits per heavy atom. The summed E-state index contributed by atoms with van der Waals surface area (Å²) in [4.78, 5) is 8.50. The number of rotatable bonds is 5. The fourth-order valence-corrected chi connectivity index (χ4v) is 2.47. The molecule has 0 bridgehead atoms. The molecular weight excluding hydrogens is 327 g/mol. The van der Waals surface area contributed by atoms with Crippen LogP contribution < -0.4 is 5.32 Å². The molecule has 0 amide bonds. The summed E-state index contributed by atoms with van der Waals surface area (Å²) in [6.45, 7) is 3.36. The van der Waals surface area contributed by atoms with Gasteiger partial charge in [0.15, 0.2) is 28.3 Å². The van der Waals surface area contributed by atoms with Crippen LogP contribution in [0.5, 0.6) is 0 Å². The number of ether oxygens (including phenoxy) is 1. The van der Waals surface area contributed by atoms with E-state index in [1.165, 1.54) is 24.5 Å². The van der Waals surface area contributed by atoms with Crippen LogP contribution in [0, 0.1) is 17.5 Å². The Bertz CT molecular complexity index is 692. The number of nitrogens with zero attached hydrogens (tertiary/aromatic N) is 2. The molecule has 1 aromatic carbocycles. The van der Waals surface area contributed by atoms with Crippen molar-refractivity contribution in [1.82, 2.24) is 10.3 Å². The van der Waals surface area contributed by atoms with E-state index in [1.807, 2.05) is 0 Å². The molecule has 0 radical (unpaired) electrons. The summed E-state index contributed by atoms with van der Waals surface area (Å²) in [5, 5.41) is 5.36. The Kier molecular flexibility index (Phi) is 5.73. The van der Waals surface area contributed by atoms with Crippen LogP contribution in [0.1, 0.15) is 30.5 Å². The van der Waals surface area contributed by atoms with Crippen molar-refractivity contribution in [3.8, 4) is 0 Å². The first-order valence-corrected chi connectivity index (χ1v) is 7.72. The predicted molar refractivity (Wildman–Crippen MR) is 83.0 cm³/mol. The van der Waals surface area contributed by atoms with Gasteiger partial charge in [0, 0.05) is 24.3 Å². The molecule has 4 nitrogen and oxygen atoms in total. The van der Waals surface area contributed by atoms with Crippen LogP contribution in [0.25, 0.3) is 0 Å². The van der Waals surface area contributed by atoms with Gasteiger partial charge in [0.2, 0.25) is 0 Å². The number of methoxy groups -OCH3 is 1. The second kappa shape index (κ2) is 7.56. The number of nitrogens with one attached hydrogen (secondary N) is 1. The molecule has 2 atom stereocenters. The lowest BCUT2D eigenvalue weighted by Gasteiger charge is -2.16. The fourth-order valence-electron chi connectivity index (χ4n) is 1.87. The molecule has 0 saturated heterocycles. The van der Waals surface area contributed by atoms with Gasteiger partial charge in [-0.2, -0.15) is 0 Å². The lowest BCUT2D eigenvalue weighted by molar-refractivity contribution is 0.107. The van der Waals surface area contributed by atoms with Crippen molar-refractivity contribution in [3.05, 3.63) is 51.7 Å². The summed E-state index contributed by atoms with van der Waals surface area (Å²) in [5.74, 6) is -3.57. The van der Waals surface area contributed by atoms with Crippen molar-refractivity contribution in [2.24, 2.45) is 4.99 Å². The summed E-state index contributed by atoms with van der Waals surface area (Å²) >= 11 is 1.34. The van der Waals surface area contributed by atoms with E-state index in [-0.39, 0.29) is 11.8 Å². The van der Waals surface area contributed by atoms with Crippen LogP contribution in [0.2, 0.25) is 0 Å². The molecule has 1 unspecified atom stereocenters. The molecule has 0 spiro atoms. The third-order valence-corrected chi connectivity index (χ3v) is 3.95. The first-order chi connectivity index (χ1) is 10.9. The molecule has 2 rings (SSSR count). The molecule has 1 heterocycles.